The quantitative estimate of drug-likeness (QED) is 0.712. The Balaban J connectivity index is 1.88. The van der Waals surface area contributed by atoms with Crippen molar-refractivity contribution >= 4 is 0 Å². The molecule has 1 heterocycles. The molecule has 0 aromatic rings. The Morgan fingerprint density at radius 2 is 2.07 bits per heavy atom. The lowest BCUT2D eigenvalue weighted by atomic mass is 10.0. The van der Waals surface area contributed by atoms with E-state index >= 15 is 0 Å². The molecule has 0 unspecified atom stereocenters. The molecule has 14 heavy (non-hydrogen) atoms. The van der Waals surface area contributed by atoms with Crippen LogP contribution in [0.25, 0.3) is 0 Å². The predicted molar refractivity (Wildman–Crippen MR) is 59.3 cm³/mol. The highest BCUT2D eigenvalue weighted by atomic mass is 15.3. The van der Waals surface area contributed by atoms with E-state index in [4.69, 9.17) is 5.73 Å². The normalized spacial score (nSPS) is 29.8. The molecule has 0 aromatic carbocycles. The van der Waals surface area contributed by atoms with Gasteiger partial charge in [-0.3, -0.25) is 4.90 Å². The highest BCUT2D eigenvalue weighted by Gasteiger charge is 2.34. The summed E-state index contributed by atoms with van der Waals surface area (Å²) in [5.74, 6) is 0. The van der Waals surface area contributed by atoms with E-state index in [9.17, 15) is 0 Å². The second-order valence-electron chi connectivity index (χ2n) is 4.82. The average Bonchev–Trinajstić information content (AvgIpc) is 2.97. The zero-order chi connectivity index (χ0) is 9.97. The summed E-state index contributed by atoms with van der Waals surface area (Å²) in [6.45, 7) is 4.44. The zero-order valence-electron chi connectivity index (χ0n) is 9.28. The summed E-state index contributed by atoms with van der Waals surface area (Å²) >= 11 is 0. The first-order valence-electron chi connectivity index (χ1n) is 5.95. The Morgan fingerprint density at radius 1 is 1.29 bits per heavy atom. The number of hydrogen-bond acceptors (Lipinski definition) is 3. The van der Waals surface area contributed by atoms with Crippen LogP contribution in [-0.4, -0.2) is 55.1 Å². The SMILES string of the molecule is CN1CCC[C@H](N(CCN)C2CC2)C1. The van der Waals surface area contributed by atoms with Crippen LogP contribution in [0.2, 0.25) is 0 Å². The Labute approximate surface area is 87.2 Å². The molecule has 1 atom stereocenters. The highest BCUT2D eigenvalue weighted by Crippen LogP contribution is 2.30. The smallest absolute Gasteiger partial charge is 0.0226 e. The van der Waals surface area contributed by atoms with Crippen molar-refractivity contribution in [2.75, 3.05) is 33.2 Å². The van der Waals surface area contributed by atoms with Gasteiger partial charge in [-0.2, -0.15) is 0 Å². The molecule has 0 radical (unpaired) electrons. The predicted octanol–water partition coefficient (Wildman–Crippen LogP) is 0.504. The molecule has 1 saturated carbocycles. The van der Waals surface area contributed by atoms with Crippen molar-refractivity contribution in [3.05, 3.63) is 0 Å². The number of nitrogens with zero attached hydrogens (tertiary/aromatic N) is 2. The van der Waals surface area contributed by atoms with Gasteiger partial charge in [0, 0.05) is 31.7 Å². The summed E-state index contributed by atoms with van der Waals surface area (Å²) in [5, 5.41) is 0. The van der Waals surface area contributed by atoms with E-state index in [1.54, 1.807) is 0 Å². The third-order valence-electron chi connectivity index (χ3n) is 3.47. The van der Waals surface area contributed by atoms with Crippen LogP contribution >= 0.6 is 0 Å². The van der Waals surface area contributed by atoms with Gasteiger partial charge in [0.2, 0.25) is 0 Å². The number of piperidine rings is 1. The minimum absolute atomic E-state index is 0.782. The third kappa shape index (κ3) is 2.47. The summed E-state index contributed by atoms with van der Waals surface area (Å²) < 4.78 is 0. The van der Waals surface area contributed by atoms with Gasteiger partial charge in [0.1, 0.15) is 0 Å². The van der Waals surface area contributed by atoms with Crippen molar-refractivity contribution in [3.8, 4) is 0 Å². The molecule has 0 aromatic heterocycles. The number of hydrogen-bond donors (Lipinski definition) is 1. The van der Waals surface area contributed by atoms with Gasteiger partial charge in [-0.1, -0.05) is 0 Å². The van der Waals surface area contributed by atoms with Gasteiger partial charge in [0.15, 0.2) is 0 Å². The van der Waals surface area contributed by atoms with Crippen molar-refractivity contribution < 1.29 is 0 Å². The molecular weight excluding hydrogens is 174 g/mol. The summed E-state index contributed by atoms with van der Waals surface area (Å²) in [6.07, 6.45) is 5.54. The van der Waals surface area contributed by atoms with Gasteiger partial charge < -0.3 is 10.6 Å². The molecule has 2 rings (SSSR count). The maximum Gasteiger partial charge on any atom is 0.0226 e. The van der Waals surface area contributed by atoms with Gasteiger partial charge in [0.05, 0.1) is 0 Å². The average molecular weight is 197 g/mol. The fraction of sp³-hybridized carbons (Fsp3) is 1.00. The molecule has 2 aliphatic rings. The van der Waals surface area contributed by atoms with E-state index in [0.717, 1.165) is 25.2 Å². The lowest BCUT2D eigenvalue weighted by Crippen LogP contribution is -2.49. The lowest BCUT2D eigenvalue weighted by molar-refractivity contribution is 0.108. The molecule has 0 spiro atoms. The van der Waals surface area contributed by atoms with E-state index < -0.39 is 0 Å². The van der Waals surface area contributed by atoms with E-state index in [2.05, 4.69) is 16.8 Å². The maximum absolute atomic E-state index is 5.68. The van der Waals surface area contributed by atoms with Gasteiger partial charge in [-0.15, -0.1) is 0 Å². The Kier molecular flexibility index (Phi) is 3.42. The van der Waals surface area contributed by atoms with Crippen molar-refractivity contribution in [1.82, 2.24) is 9.80 Å². The summed E-state index contributed by atoms with van der Waals surface area (Å²) in [6, 6.07) is 1.65. The summed E-state index contributed by atoms with van der Waals surface area (Å²) in [5.41, 5.74) is 5.68. The first kappa shape index (κ1) is 10.4. The first-order valence-corrected chi connectivity index (χ1v) is 5.95. The molecule has 2 N–H and O–H groups in total. The second-order valence-corrected chi connectivity index (χ2v) is 4.82. The molecule has 1 aliphatic heterocycles. The minimum Gasteiger partial charge on any atom is -0.329 e. The number of rotatable bonds is 4. The van der Waals surface area contributed by atoms with Gasteiger partial charge in [-0.05, 0) is 39.3 Å². The topological polar surface area (TPSA) is 32.5 Å². The van der Waals surface area contributed by atoms with Crippen LogP contribution in [0.1, 0.15) is 25.7 Å². The fourth-order valence-corrected chi connectivity index (χ4v) is 2.63. The van der Waals surface area contributed by atoms with Crippen LogP contribution < -0.4 is 5.73 Å². The molecule has 82 valence electrons. The van der Waals surface area contributed by atoms with E-state index in [-0.39, 0.29) is 0 Å². The maximum atomic E-state index is 5.68. The first-order chi connectivity index (χ1) is 6.81. The lowest BCUT2D eigenvalue weighted by Gasteiger charge is -2.38. The number of likely N-dealkylation sites (tertiary alicyclic amines) is 1. The van der Waals surface area contributed by atoms with Crippen molar-refractivity contribution in [2.45, 2.75) is 37.8 Å². The standard InChI is InChI=1S/C11H23N3/c1-13-7-2-3-11(9-13)14(8-6-12)10-4-5-10/h10-11H,2-9,12H2,1H3/t11-/m0/s1. The summed E-state index contributed by atoms with van der Waals surface area (Å²) in [4.78, 5) is 5.12. The molecule has 1 saturated heterocycles. The molecular formula is C11H23N3. The van der Waals surface area contributed by atoms with Crippen LogP contribution in [0.15, 0.2) is 0 Å². The Bertz CT molecular complexity index is 179. The Hall–Kier alpha value is -0.120. The number of likely N-dealkylation sites (N-methyl/N-ethyl adjacent to an activating group) is 1. The zero-order valence-corrected chi connectivity index (χ0v) is 9.28. The largest absolute Gasteiger partial charge is 0.329 e. The fourth-order valence-electron chi connectivity index (χ4n) is 2.63. The minimum atomic E-state index is 0.782. The molecule has 3 heteroatoms. The van der Waals surface area contributed by atoms with Crippen LogP contribution in [0.4, 0.5) is 0 Å². The van der Waals surface area contributed by atoms with Crippen molar-refractivity contribution in [1.29, 1.82) is 0 Å². The molecule has 1 aliphatic carbocycles. The highest BCUT2D eigenvalue weighted by molar-refractivity contribution is 4.91. The molecule has 0 amide bonds. The Morgan fingerprint density at radius 3 is 2.64 bits per heavy atom. The second kappa shape index (κ2) is 4.60. The van der Waals surface area contributed by atoms with E-state index in [1.807, 2.05) is 0 Å². The van der Waals surface area contributed by atoms with E-state index in [1.165, 1.54) is 38.8 Å². The van der Waals surface area contributed by atoms with Crippen molar-refractivity contribution in [3.63, 3.8) is 0 Å². The van der Waals surface area contributed by atoms with Gasteiger partial charge in [0.25, 0.3) is 0 Å². The summed E-state index contributed by atoms with van der Waals surface area (Å²) in [7, 11) is 2.24. The monoisotopic (exact) mass is 197 g/mol. The van der Waals surface area contributed by atoms with Crippen LogP contribution in [-0.2, 0) is 0 Å². The molecule has 2 fully saturated rings. The van der Waals surface area contributed by atoms with Crippen LogP contribution in [0, 0.1) is 0 Å². The van der Waals surface area contributed by atoms with Crippen molar-refractivity contribution in [2.24, 2.45) is 5.73 Å². The van der Waals surface area contributed by atoms with Crippen LogP contribution in [0.3, 0.4) is 0 Å². The molecule has 0 bridgehead atoms. The van der Waals surface area contributed by atoms with Gasteiger partial charge in [-0.25, -0.2) is 0 Å². The third-order valence-corrected chi connectivity index (χ3v) is 3.47. The molecule has 3 nitrogen and oxygen atoms in total. The van der Waals surface area contributed by atoms with Gasteiger partial charge >= 0.3 is 0 Å². The number of nitrogens with two attached hydrogens (primary N) is 1. The van der Waals surface area contributed by atoms with E-state index in [0.29, 0.717) is 0 Å². The van der Waals surface area contributed by atoms with Crippen LogP contribution in [0.5, 0.6) is 0 Å².